The normalized spacial score (nSPS) is 32.2. The summed E-state index contributed by atoms with van der Waals surface area (Å²) >= 11 is 0. The van der Waals surface area contributed by atoms with Crippen LogP contribution >= 0.6 is 0 Å². The van der Waals surface area contributed by atoms with E-state index in [0.717, 1.165) is 13.0 Å². The van der Waals surface area contributed by atoms with Crippen molar-refractivity contribution in [3.05, 3.63) is 5.82 Å². The second kappa shape index (κ2) is 4.64. The van der Waals surface area contributed by atoms with Crippen LogP contribution in [0.1, 0.15) is 38.1 Å². The highest BCUT2D eigenvalue weighted by atomic mass is 16.2. The molecule has 7 heteroatoms. The van der Waals surface area contributed by atoms with Gasteiger partial charge in [-0.15, -0.1) is 10.2 Å². The summed E-state index contributed by atoms with van der Waals surface area (Å²) in [6.45, 7) is 2.84. The third kappa shape index (κ3) is 1.98. The molecular weight excluding hydrogens is 232 g/mol. The molecule has 2 fully saturated rings. The molecule has 2 aliphatic rings. The summed E-state index contributed by atoms with van der Waals surface area (Å²) < 4.78 is 0. The lowest BCUT2D eigenvalue weighted by Gasteiger charge is -2.19. The number of rotatable bonds is 3. The average Bonchev–Trinajstić information content (AvgIpc) is 3.06. The fourth-order valence-corrected chi connectivity index (χ4v) is 3.20. The van der Waals surface area contributed by atoms with Crippen molar-refractivity contribution in [1.29, 1.82) is 0 Å². The molecule has 1 aliphatic carbocycles. The number of hydrogen-bond donors (Lipinski definition) is 3. The van der Waals surface area contributed by atoms with Crippen LogP contribution in [0.3, 0.4) is 0 Å². The number of nitrogens with one attached hydrogen (secondary N) is 3. The van der Waals surface area contributed by atoms with Gasteiger partial charge in [-0.2, -0.15) is 5.21 Å². The molecule has 2 heterocycles. The van der Waals surface area contributed by atoms with E-state index in [1.165, 1.54) is 12.8 Å². The highest BCUT2D eigenvalue weighted by Crippen LogP contribution is 2.37. The number of fused-ring (bicyclic) bond motifs is 1. The minimum atomic E-state index is -0.210. The first-order chi connectivity index (χ1) is 8.75. The molecule has 0 bridgehead atoms. The Kier molecular flexibility index (Phi) is 2.99. The maximum atomic E-state index is 12.2. The van der Waals surface area contributed by atoms with Gasteiger partial charge in [-0.3, -0.25) is 4.79 Å². The third-order valence-electron chi connectivity index (χ3n) is 4.14. The molecule has 0 spiro atoms. The van der Waals surface area contributed by atoms with Crippen LogP contribution in [0.15, 0.2) is 0 Å². The first-order valence-corrected chi connectivity index (χ1v) is 6.53. The lowest BCUT2D eigenvalue weighted by molar-refractivity contribution is -0.124. The van der Waals surface area contributed by atoms with Crippen LogP contribution in [0, 0.1) is 11.8 Å². The Bertz CT molecular complexity index is 419. The summed E-state index contributed by atoms with van der Waals surface area (Å²) in [6.07, 6.45) is 3.66. The van der Waals surface area contributed by atoms with E-state index in [2.05, 4.69) is 31.3 Å². The number of aromatic nitrogens is 4. The van der Waals surface area contributed by atoms with Gasteiger partial charge in [0.1, 0.15) is 0 Å². The lowest BCUT2D eigenvalue weighted by atomic mass is 9.93. The van der Waals surface area contributed by atoms with Crippen LogP contribution in [-0.2, 0) is 4.79 Å². The van der Waals surface area contributed by atoms with E-state index in [0.29, 0.717) is 17.7 Å². The number of hydrogen-bond acceptors (Lipinski definition) is 5. The SMILES string of the molecule is CC(NC(=O)C1NCC2CCCC21)c1nn[nH]n1. The zero-order chi connectivity index (χ0) is 12.5. The zero-order valence-corrected chi connectivity index (χ0v) is 10.4. The van der Waals surface area contributed by atoms with Gasteiger partial charge < -0.3 is 10.6 Å². The maximum Gasteiger partial charge on any atom is 0.238 e. The summed E-state index contributed by atoms with van der Waals surface area (Å²) in [6, 6.07) is -0.259. The molecule has 98 valence electrons. The van der Waals surface area contributed by atoms with Gasteiger partial charge in [0.15, 0.2) is 5.82 Å². The molecule has 3 rings (SSSR count). The first kappa shape index (κ1) is 11.6. The monoisotopic (exact) mass is 250 g/mol. The Balaban J connectivity index is 1.61. The largest absolute Gasteiger partial charge is 0.345 e. The van der Waals surface area contributed by atoms with Crippen molar-refractivity contribution in [2.45, 2.75) is 38.3 Å². The molecule has 1 aromatic rings. The molecule has 7 nitrogen and oxygen atoms in total. The number of H-pyrrole nitrogens is 1. The van der Waals surface area contributed by atoms with Gasteiger partial charge in [-0.25, -0.2) is 0 Å². The Morgan fingerprint density at radius 2 is 2.39 bits per heavy atom. The Morgan fingerprint density at radius 1 is 1.50 bits per heavy atom. The van der Waals surface area contributed by atoms with Gasteiger partial charge >= 0.3 is 0 Å². The average molecular weight is 250 g/mol. The molecule has 1 saturated heterocycles. The van der Waals surface area contributed by atoms with E-state index in [-0.39, 0.29) is 18.0 Å². The molecule has 0 radical (unpaired) electrons. The van der Waals surface area contributed by atoms with Crippen LogP contribution in [-0.4, -0.2) is 39.1 Å². The van der Waals surface area contributed by atoms with Crippen molar-refractivity contribution < 1.29 is 4.79 Å². The Morgan fingerprint density at radius 3 is 3.17 bits per heavy atom. The standard InChI is InChI=1S/C11H18N6O/c1-6(10-14-16-17-15-10)13-11(18)9-8-4-2-3-7(8)5-12-9/h6-9,12H,2-5H2,1H3,(H,13,18)(H,14,15,16,17). The number of tetrazole rings is 1. The third-order valence-corrected chi connectivity index (χ3v) is 4.14. The summed E-state index contributed by atoms with van der Waals surface area (Å²) in [4.78, 5) is 12.2. The molecule has 1 amide bonds. The van der Waals surface area contributed by atoms with Crippen molar-refractivity contribution in [3.63, 3.8) is 0 Å². The fraction of sp³-hybridized carbons (Fsp3) is 0.818. The van der Waals surface area contributed by atoms with Crippen molar-refractivity contribution in [2.24, 2.45) is 11.8 Å². The quantitative estimate of drug-likeness (QED) is 0.688. The highest BCUT2D eigenvalue weighted by Gasteiger charge is 2.42. The Labute approximate surface area is 105 Å². The smallest absolute Gasteiger partial charge is 0.238 e. The highest BCUT2D eigenvalue weighted by molar-refractivity contribution is 5.82. The van der Waals surface area contributed by atoms with E-state index in [9.17, 15) is 4.79 Å². The molecule has 18 heavy (non-hydrogen) atoms. The number of carbonyl (C=O) groups is 1. The number of nitrogens with zero attached hydrogens (tertiary/aromatic N) is 3. The summed E-state index contributed by atoms with van der Waals surface area (Å²) in [5, 5.41) is 19.9. The van der Waals surface area contributed by atoms with Gasteiger partial charge in [0, 0.05) is 0 Å². The maximum absolute atomic E-state index is 12.2. The minimum Gasteiger partial charge on any atom is -0.345 e. The van der Waals surface area contributed by atoms with Gasteiger partial charge in [0.05, 0.1) is 12.1 Å². The summed E-state index contributed by atoms with van der Waals surface area (Å²) in [5.41, 5.74) is 0. The molecule has 1 aliphatic heterocycles. The zero-order valence-electron chi connectivity index (χ0n) is 10.4. The Hall–Kier alpha value is -1.50. The van der Waals surface area contributed by atoms with Crippen molar-refractivity contribution in [1.82, 2.24) is 31.3 Å². The molecule has 0 aromatic carbocycles. The topological polar surface area (TPSA) is 95.6 Å². The van der Waals surface area contributed by atoms with Gasteiger partial charge in [0.2, 0.25) is 5.91 Å². The van der Waals surface area contributed by atoms with E-state index >= 15 is 0 Å². The second-order valence-corrected chi connectivity index (χ2v) is 5.24. The van der Waals surface area contributed by atoms with Crippen molar-refractivity contribution in [2.75, 3.05) is 6.54 Å². The van der Waals surface area contributed by atoms with E-state index in [1.807, 2.05) is 6.92 Å². The van der Waals surface area contributed by atoms with Crippen LogP contribution in [0.2, 0.25) is 0 Å². The predicted molar refractivity (Wildman–Crippen MR) is 63.4 cm³/mol. The summed E-state index contributed by atoms with van der Waals surface area (Å²) in [5.74, 6) is 1.76. The minimum absolute atomic E-state index is 0.0492. The molecule has 3 N–H and O–H groups in total. The van der Waals surface area contributed by atoms with E-state index in [4.69, 9.17) is 0 Å². The second-order valence-electron chi connectivity index (χ2n) is 5.24. The van der Waals surface area contributed by atoms with Gasteiger partial charge in [-0.1, -0.05) is 11.6 Å². The number of carbonyl (C=O) groups excluding carboxylic acids is 1. The van der Waals surface area contributed by atoms with E-state index < -0.39 is 0 Å². The van der Waals surface area contributed by atoms with E-state index in [1.54, 1.807) is 0 Å². The van der Waals surface area contributed by atoms with Crippen LogP contribution < -0.4 is 10.6 Å². The van der Waals surface area contributed by atoms with Crippen LogP contribution in [0.4, 0.5) is 0 Å². The summed E-state index contributed by atoms with van der Waals surface area (Å²) in [7, 11) is 0. The molecular formula is C11H18N6O. The van der Waals surface area contributed by atoms with Crippen molar-refractivity contribution >= 4 is 5.91 Å². The first-order valence-electron chi connectivity index (χ1n) is 6.53. The lowest BCUT2D eigenvalue weighted by Crippen LogP contribution is -2.44. The van der Waals surface area contributed by atoms with Crippen molar-refractivity contribution in [3.8, 4) is 0 Å². The van der Waals surface area contributed by atoms with Gasteiger partial charge in [-0.05, 0) is 38.1 Å². The van der Waals surface area contributed by atoms with Crippen LogP contribution in [0.25, 0.3) is 0 Å². The molecule has 1 saturated carbocycles. The molecule has 4 atom stereocenters. The van der Waals surface area contributed by atoms with Gasteiger partial charge in [0.25, 0.3) is 0 Å². The predicted octanol–water partition coefficient (Wildman–Crippen LogP) is -0.235. The fourth-order valence-electron chi connectivity index (χ4n) is 3.20. The number of aromatic amines is 1. The number of amides is 1. The molecule has 4 unspecified atom stereocenters. The van der Waals surface area contributed by atoms with Crippen LogP contribution in [0.5, 0.6) is 0 Å². The molecule has 1 aromatic heterocycles.